The molecule has 4 heteroatoms. The second-order valence-electron chi connectivity index (χ2n) is 4.54. The first-order valence-corrected chi connectivity index (χ1v) is 6.22. The van der Waals surface area contributed by atoms with E-state index < -0.39 is 0 Å². The lowest BCUT2D eigenvalue weighted by Crippen LogP contribution is -2.32. The lowest BCUT2D eigenvalue weighted by molar-refractivity contribution is 0.0907. The molecule has 2 N–H and O–H groups in total. The molecule has 0 saturated carbocycles. The number of aryl methyl sites for hydroxylation is 1. The maximum atomic E-state index is 12.2. The molecule has 0 saturated heterocycles. The molecule has 0 bridgehead atoms. The summed E-state index contributed by atoms with van der Waals surface area (Å²) < 4.78 is 1.83. The molecule has 0 aliphatic rings. The van der Waals surface area contributed by atoms with Crippen LogP contribution in [0.2, 0.25) is 0 Å². The standard InChI is InChI=1S/C15H18N2O2/c1-11-8-9-14(17(11)2)15(19)16-13(10-18)12-6-4-3-5-7-12/h3-9,13,18H,10H2,1-2H3,(H,16,19)/t13-/m0/s1. The highest BCUT2D eigenvalue weighted by molar-refractivity contribution is 5.93. The fourth-order valence-corrected chi connectivity index (χ4v) is 1.99. The molecule has 0 fully saturated rings. The number of carbonyl (C=O) groups is 1. The molecule has 0 aliphatic heterocycles. The van der Waals surface area contributed by atoms with E-state index in [0.29, 0.717) is 5.69 Å². The smallest absolute Gasteiger partial charge is 0.268 e. The molecule has 4 nitrogen and oxygen atoms in total. The number of aromatic nitrogens is 1. The summed E-state index contributed by atoms with van der Waals surface area (Å²) in [6, 6.07) is 12.7. The van der Waals surface area contributed by atoms with Crippen LogP contribution in [-0.2, 0) is 7.05 Å². The molecule has 2 aromatic rings. The van der Waals surface area contributed by atoms with Crippen LogP contribution < -0.4 is 5.32 Å². The Morgan fingerprint density at radius 3 is 2.47 bits per heavy atom. The molecule has 19 heavy (non-hydrogen) atoms. The average Bonchev–Trinajstić information content (AvgIpc) is 2.77. The number of carbonyl (C=O) groups excluding carboxylic acids is 1. The van der Waals surface area contributed by atoms with Crippen LogP contribution in [0.25, 0.3) is 0 Å². The lowest BCUT2D eigenvalue weighted by atomic mass is 10.1. The number of aliphatic hydroxyl groups excluding tert-OH is 1. The van der Waals surface area contributed by atoms with Crippen molar-refractivity contribution in [2.24, 2.45) is 7.05 Å². The number of benzene rings is 1. The van der Waals surface area contributed by atoms with Gasteiger partial charge in [0.1, 0.15) is 5.69 Å². The maximum Gasteiger partial charge on any atom is 0.268 e. The Bertz CT molecular complexity index is 561. The van der Waals surface area contributed by atoms with Crippen LogP contribution in [0.15, 0.2) is 42.5 Å². The van der Waals surface area contributed by atoms with Gasteiger partial charge in [-0.15, -0.1) is 0 Å². The van der Waals surface area contributed by atoms with Gasteiger partial charge in [0.15, 0.2) is 0 Å². The molecule has 1 aromatic heterocycles. The van der Waals surface area contributed by atoms with E-state index in [2.05, 4.69) is 5.32 Å². The molecule has 2 rings (SSSR count). The van der Waals surface area contributed by atoms with E-state index in [9.17, 15) is 9.90 Å². The third-order valence-corrected chi connectivity index (χ3v) is 3.30. The molecule has 0 radical (unpaired) electrons. The average molecular weight is 258 g/mol. The first-order valence-electron chi connectivity index (χ1n) is 6.22. The van der Waals surface area contributed by atoms with E-state index in [1.165, 1.54) is 0 Å². The van der Waals surface area contributed by atoms with Crippen molar-refractivity contribution in [2.45, 2.75) is 13.0 Å². The van der Waals surface area contributed by atoms with E-state index in [1.54, 1.807) is 6.07 Å². The van der Waals surface area contributed by atoms with Gasteiger partial charge >= 0.3 is 0 Å². The molecule has 100 valence electrons. The van der Waals surface area contributed by atoms with Crippen LogP contribution in [-0.4, -0.2) is 22.2 Å². The summed E-state index contributed by atoms with van der Waals surface area (Å²) in [6.45, 7) is 1.82. The largest absolute Gasteiger partial charge is 0.394 e. The zero-order valence-corrected chi connectivity index (χ0v) is 11.1. The van der Waals surface area contributed by atoms with Gasteiger partial charge in [-0.1, -0.05) is 30.3 Å². The van der Waals surface area contributed by atoms with Crippen LogP contribution >= 0.6 is 0 Å². The second kappa shape index (κ2) is 5.71. The Hall–Kier alpha value is -2.07. The quantitative estimate of drug-likeness (QED) is 0.878. The maximum absolute atomic E-state index is 12.2. The van der Waals surface area contributed by atoms with Crippen LogP contribution in [0, 0.1) is 6.92 Å². The zero-order chi connectivity index (χ0) is 13.8. The minimum Gasteiger partial charge on any atom is -0.394 e. The van der Waals surface area contributed by atoms with Crippen molar-refractivity contribution < 1.29 is 9.90 Å². The highest BCUT2D eigenvalue weighted by atomic mass is 16.3. The van der Waals surface area contributed by atoms with Gasteiger partial charge < -0.3 is 15.0 Å². The Morgan fingerprint density at radius 1 is 1.26 bits per heavy atom. The summed E-state index contributed by atoms with van der Waals surface area (Å²) in [5.74, 6) is -0.182. The van der Waals surface area contributed by atoms with Gasteiger partial charge in [0.05, 0.1) is 12.6 Å². The molecule has 1 heterocycles. The van der Waals surface area contributed by atoms with Crippen molar-refractivity contribution in [3.05, 3.63) is 59.4 Å². The van der Waals surface area contributed by atoms with Crippen LogP contribution in [0.4, 0.5) is 0 Å². The third-order valence-electron chi connectivity index (χ3n) is 3.30. The van der Waals surface area contributed by atoms with Crippen molar-refractivity contribution in [1.82, 2.24) is 9.88 Å². The summed E-state index contributed by atoms with van der Waals surface area (Å²) in [4.78, 5) is 12.2. The Morgan fingerprint density at radius 2 is 1.95 bits per heavy atom. The van der Waals surface area contributed by atoms with Gasteiger partial charge in [-0.2, -0.15) is 0 Å². The number of hydrogen-bond donors (Lipinski definition) is 2. The Balaban J connectivity index is 2.15. The topological polar surface area (TPSA) is 54.3 Å². The first-order chi connectivity index (χ1) is 9.13. The van der Waals surface area contributed by atoms with E-state index in [0.717, 1.165) is 11.3 Å². The monoisotopic (exact) mass is 258 g/mol. The number of aliphatic hydroxyl groups is 1. The normalized spacial score (nSPS) is 12.2. The van der Waals surface area contributed by atoms with Crippen LogP contribution in [0.1, 0.15) is 27.8 Å². The highest BCUT2D eigenvalue weighted by Gasteiger charge is 2.16. The van der Waals surface area contributed by atoms with Gasteiger partial charge in [0, 0.05) is 12.7 Å². The third kappa shape index (κ3) is 2.85. The molecular weight excluding hydrogens is 240 g/mol. The number of hydrogen-bond acceptors (Lipinski definition) is 2. The van der Waals surface area contributed by atoms with Crippen molar-refractivity contribution in [1.29, 1.82) is 0 Å². The van der Waals surface area contributed by atoms with E-state index in [-0.39, 0.29) is 18.6 Å². The minimum atomic E-state index is -0.385. The Kier molecular flexibility index (Phi) is 4.02. The predicted octanol–water partition coefficient (Wildman–Crippen LogP) is 1.80. The second-order valence-corrected chi connectivity index (χ2v) is 4.54. The first kappa shape index (κ1) is 13.4. The number of nitrogens with zero attached hydrogens (tertiary/aromatic N) is 1. The molecule has 0 unspecified atom stereocenters. The van der Waals surface area contributed by atoms with E-state index in [1.807, 2.05) is 54.9 Å². The fourth-order valence-electron chi connectivity index (χ4n) is 1.99. The van der Waals surface area contributed by atoms with Crippen molar-refractivity contribution in [3.63, 3.8) is 0 Å². The summed E-state index contributed by atoms with van der Waals surface area (Å²) in [6.07, 6.45) is 0. The van der Waals surface area contributed by atoms with E-state index in [4.69, 9.17) is 0 Å². The molecule has 0 spiro atoms. The van der Waals surface area contributed by atoms with Gasteiger partial charge in [-0.3, -0.25) is 4.79 Å². The summed E-state index contributed by atoms with van der Waals surface area (Å²) in [7, 11) is 1.85. The molecule has 1 aromatic carbocycles. The molecule has 1 amide bonds. The Labute approximate surface area is 112 Å². The van der Waals surface area contributed by atoms with Crippen molar-refractivity contribution >= 4 is 5.91 Å². The van der Waals surface area contributed by atoms with Gasteiger partial charge in [0.2, 0.25) is 0 Å². The van der Waals surface area contributed by atoms with Gasteiger partial charge in [-0.05, 0) is 24.6 Å². The molecule has 0 aliphatic carbocycles. The fraction of sp³-hybridized carbons (Fsp3) is 0.267. The van der Waals surface area contributed by atoms with Crippen LogP contribution in [0.3, 0.4) is 0 Å². The highest BCUT2D eigenvalue weighted by Crippen LogP contribution is 2.13. The van der Waals surface area contributed by atoms with Crippen molar-refractivity contribution in [3.8, 4) is 0 Å². The minimum absolute atomic E-state index is 0.126. The van der Waals surface area contributed by atoms with E-state index >= 15 is 0 Å². The summed E-state index contributed by atoms with van der Waals surface area (Å²) in [5.41, 5.74) is 2.50. The van der Waals surface area contributed by atoms with Crippen LogP contribution in [0.5, 0.6) is 0 Å². The van der Waals surface area contributed by atoms with Crippen molar-refractivity contribution in [2.75, 3.05) is 6.61 Å². The van der Waals surface area contributed by atoms with Gasteiger partial charge in [-0.25, -0.2) is 0 Å². The predicted molar refractivity (Wildman–Crippen MR) is 73.9 cm³/mol. The molecular formula is C15H18N2O2. The number of nitrogens with one attached hydrogen (secondary N) is 1. The zero-order valence-electron chi connectivity index (χ0n) is 11.1. The summed E-state index contributed by atoms with van der Waals surface area (Å²) in [5, 5.41) is 12.3. The van der Waals surface area contributed by atoms with Gasteiger partial charge in [0.25, 0.3) is 5.91 Å². The number of amides is 1. The SMILES string of the molecule is Cc1ccc(C(=O)N[C@@H](CO)c2ccccc2)n1C. The summed E-state index contributed by atoms with van der Waals surface area (Å²) >= 11 is 0. The lowest BCUT2D eigenvalue weighted by Gasteiger charge is -2.17. The molecule has 1 atom stereocenters. The number of rotatable bonds is 4.